The van der Waals surface area contributed by atoms with Gasteiger partial charge in [0.25, 0.3) is 0 Å². The zero-order valence-corrected chi connectivity index (χ0v) is 17.6. The van der Waals surface area contributed by atoms with E-state index in [0.29, 0.717) is 32.0 Å². The molecule has 0 bridgehead atoms. The smallest absolute Gasteiger partial charge is 0.224 e. The third kappa shape index (κ3) is 6.98. The van der Waals surface area contributed by atoms with Crippen LogP contribution in [0.4, 0.5) is 0 Å². The van der Waals surface area contributed by atoms with Gasteiger partial charge in [0.15, 0.2) is 5.96 Å². The molecule has 2 rings (SSSR count). The summed E-state index contributed by atoms with van der Waals surface area (Å²) >= 11 is 1.51. The maximum atomic E-state index is 12.3. The molecule has 3 N–H and O–H groups in total. The van der Waals surface area contributed by atoms with Crippen LogP contribution in [0.15, 0.2) is 52.8 Å². The molecule has 0 saturated carbocycles. The number of amides is 1. The van der Waals surface area contributed by atoms with E-state index in [9.17, 15) is 9.90 Å². The number of aliphatic imine (C=N–C) groups is 1. The van der Waals surface area contributed by atoms with Crippen LogP contribution in [0.2, 0.25) is 0 Å². The molecule has 1 amide bonds. The van der Waals surface area contributed by atoms with Gasteiger partial charge in [-0.25, -0.2) is 4.99 Å². The van der Waals surface area contributed by atoms with E-state index in [1.165, 1.54) is 11.3 Å². The summed E-state index contributed by atoms with van der Waals surface area (Å²) in [7, 11) is 1.81. The Morgan fingerprint density at radius 3 is 2.61 bits per heavy atom. The summed E-state index contributed by atoms with van der Waals surface area (Å²) in [6.45, 7) is 5.75. The predicted octanol–water partition coefficient (Wildman–Crippen LogP) is 2.56. The summed E-state index contributed by atoms with van der Waals surface area (Å²) in [4.78, 5) is 19.4. The molecule has 2 aromatic rings. The van der Waals surface area contributed by atoms with Crippen molar-refractivity contribution in [2.75, 3.05) is 26.7 Å². The third-order valence-corrected chi connectivity index (χ3v) is 5.38. The first-order valence-corrected chi connectivity index (χ1v) is 10.4. The number of hydrogen-bond donors (Lipinski definition) is 3. The second-order valence-corrected chi connectivity index (χ2v) is 7.81. The molecular weight excluding hydrogens is 372 g/mol. The highest BCUT2D eigenvalue weighted by Crippen LogP contribution is 2.25. The fraction of sp³-hybridized carbons (Fsp3) is 0.429. The van der Waals surface area contributed by atoms with Gasteiger partial charge in [-0.05, 0) is 30.9 Å². The second-order valence-electron chi connectivity index (χ2n) is 6.86. The standard InChI is InChI=1S/C21H30N4O2S/c1-4-22-20(24-16-21(2,27)18-11-8-14-28-18)23-13-12-19(26)25(3)15-17-9-6-5-7-10-17/h5-11,14,27H,4,12-13,15-16H2,1-3H3,(H2,22,23,24). The van der Waals surface area contributed by atoms with E-state index in [4.69, 9.17) is 0 Å². The van der Waals surface area contributed by atoms with Gasteiger partial charge >= 0.3 is 0 Å². The summed E-state index contributed by atoms with van der Waals surface area (Å²) in [5.74, 6) is 0.663. The van der Waals surface area contributed by atoms with Gasteiger partial charge in [-0.1, -0.05) is 36.4 Å². The van der Waals surface area contributed by atoms with Crippen LogP contribution in [0.3, 0.4) is 0 Å². The Bertz CT molecular complexity index is 745. The molecular formula is C21H30N4O2S. The van der Waals surface area contributed by atoms with E-state index < -0.39 is 5.60 Å². The molecule has 0 spiro atoms. The second kappa shape index (κ2) is 10.8. The Labute approximate surface area is 171 Å². The Balaban J connectivity index is 1.82. The Morgan fingerprint density at radius 1 is 1.21 bits per heavy atom. The van der Waals surface area contributed by atoms with Crippen molar-refractivity contribution in [2.24, 2.45) is 4.99 Å². The van der Waals surface area contributed by atoms with Crippen molar-refractivity contribution in [2.45, 2.75) is 32.4 Å². The lowest BCUT2D eigenvalue weighted by atomic mass is 10.1. The van der Waals surface area contributed by atoms with Crippen LogP contribution >= 0.6 is 11.3 Å². The number of nitrogens with one attached hydrogen (secondary N) is 2. The first-order valence-electron chi connectivity index (χ1n) is 9.49. The number of carbonyl (C=O) groups is 1. The minimum absolute atomic E-state index is 0.0674. The average molecular weight is 403 g/mol. The first kappa shape index (κ1) is 21.9. The largest absolute Gasteiger partial charge is 0.383 e. The summed E-state index contributed by atoms with van der Waals surface area (Å²) in [6, 6.07) is 13.8. The van der Waals surface area contributed by atoms with Gasteiger partial charge in [0.2, 0.25) is 5.91 Å². The maximum Gasteiger partial charge on any atom is 0.224 e. The van der Waals surface area contributed by atoms with Crippen LogP contribution in [0.5, 0.6) is 0 Å². The van der Waals surface area contributed by atoms with Crippen molar-refractivity contribution in [3.05, 3.63) is 58.3 Å². The molecule has 1 aromatic heterocycles. The lowest BCUT2D eigenvalue weighted by Crippen LogP contribution is -2.40. The number of thiophene rings is 1. The van der Waals surface area contributed by atoms with E-state index in [1.54, 1.807) is 11.8 Å². The normalized spacial score (nSPS) is 13.6. The first-order chi connectivity index (χ1) is 13.4. The fourth-order valence-corrected chi connectivity index (χ4v) is 3.44. The summed E-state index contributed by atoms with van der Waals surface area (Å²) in [6.07, 6.45) is 0.370. The molecule has 0 fully saturated rings. The molecule has 0 aliphatic heterocycles. The number of benzene rings is 1. The van der Waals surface area contributed by atoms with Crippen molar-refractivity contribution in [3.63, 3.8) is 0 Å². The Morgan fingerprint density at radius 2 is 1.96 bits per heavy atom. The molecule has 1 atom stereocenters. The van der Waals surface area contributed by atoms with Gasteiger partial charge in [0.05, 0.1) is 6.54 Å². The van der Waals surface area contributed by atoms with Gasteiger partial charge < -0.3 is 20.6 Å². The third-order valence-electron chi connectivity index (χ3n) is 4.26. The number of carbonyl (C=O) groups excluding carboxylic acids is 1. The number of nitrogens with zero attached hydrogens (tertiary/aromatic N) is 2. The SMILES string of the molecule is CCNC(=NCC(C)(O)c1cccs1)NCCC(=O)N(C)Cc1ccccc1. The Hall–Kier alpha value is -2.38. The summed E-state index contributed by atoms with van der Waals surface area (Å²) < 4.78 is 0. The fourth-order valence-electron chi connectivity index (χ4n) is 2.66. The molecule has 1 heterocycles. The lowest BCUT2D eigenvalue weighted by molar-refractivity contribution is -0.130. The molecule has 0 aliphatic carbocycles. The van der Waals surface area contributed by atoms with Crippen molar-refractivity contribution in [3.8, 4) is 0 Å². The van der Waals surface area contributed by atoms with Crippen LogP contribution in [0.1, 0.15) is 30.7 Å². The number of hydrogen-bond acceptors (Lipinski definition) is 4. The van der Waals surface area contributed by atoms with Crippen molar-refractivity contribution in [1.82, 2.24) is 15.5 Å². The lowest BCUT2D eigenvalue weighted by Gasteiger charge is -2.21. The highest BCUT2D eigenvalue weighted by Gasteiger charge is 2.24. The number of rotatable bonds is 9. The average Bonchev–Trinajstić information content (AvgIpc) is 3.22. The minimum Gasteiger partial charge on any atom is -0.383 e. The van der Waals surface area contributed by atoms with Gasteiger partial charge in [0, 0.05) is 38.0 Å². The molecule has 152 valence electrons. The van der Waals surface area contributed by atoms with Gasteiger partial charge in [-0.15, -0.1) is 11.3 Å². The predicted molar refractivity (Wildman–Crippen MR) is 115 cm³/mol. The van der Waals surface area contributed by atoms with E-state index >= 15 is 0 Å². The highest BCUT2D eigenvalue weighted by atomic mass is 32.1. The van der Waals surface area contributed by atoms with E-state index in [0.717, 1.165) is 10.4 Å². The molecule has 1 unspecified atom stereocenters. The van der Waals surface area contributed by atoms with Gasteiger partial charge in [-0.3, -0.25) is 4.79 Å². The monoisotopic (exact) mass is 402 g/mol. The van der Waals surface area contributed by atoms with Gasteiger partial charge in [-0.2, -0.15) is 0 Å². The molecule has 1 aromatic carbocycles. The van der Waals surface area contributed by atoms with Crippen molar-refractivity contribution < 1.29 is 9.90 Å². The van der Waals surface area contributed by atoms with Gasteiger partial charge in [0.1, 0.15) is 5.60 Å². The Kier molecular flexibility index (Phi) is 8.47. The van der Waals surface area contributed by atoms with Crippen molar-refractivity contribution in [1.29, 1.82) is 0 Å². The van der Waals surface area contributed by atoms with E-state index in [1.807, 2.05) is 61.8 Å². The van der Waals surface area contributed by atoms with Crippen molar-refractivity contribution >= 4 is 23.2 Å². The molecule has 7 heteroatoms. The molecule has 0 aliphatic rings. The number of aliphatic hydroxyl groups is 1. The molecule has 0 saturated heterocycles. The maximum absolute atomic E-state index is 12.3. The van der Waals surface area contributed by atoms with Crippen LogP contribution in [-0.2, 0) is 16.9 Å². The summed E-state index contributed by atoms with van der Waals surface area (Å²) in [5.41, 5.74) is 0.0967. The topological polar surface area (TPSA) is 77.0 Å². The van der Waals surface area contributed by atoms with Crippen LogP contribution in [0.25, 0.3) is 0 Å². The molecule has 6 nitrogen and oxygen atoms in total. The quantitative estimate of drug-likeness (QED) is 0.445. The summed E-state index contributed by atoms with van der Waals surface area (Å²) in [5, 5.41) is 18.9. The minimum atomic E-state index is -1.01. The van der Waals surface area contributed by atoms with E-state index in [2.05, 4.69) is 15.6 Å². The highest BCUT2D eigenvalue weighted by molar-refractivity contribution is 7.10. The van der Waals surface area contributed by atoms with E-state index in [-0.39, 0.29) is 12.5 Å². The zero-order valence-electron chi connectivity index (χ0n) is 16.8. The molecule has 0 radical (unpaired) electrons. The van der Waals surface area contributed by atoms with Crippen LogP contribution in [-0.4, -0.2) is 48.6 Å². The molecule has 28 heavy (non-hydrogen) atoms. The zero-order chi connectivity index (χ0) is 20.4. The van der Waals surface area contributed by atoms with Crippen LogP contribution in [0, 0.1) is 0 Å². The number of guanidine groups is 1. The van der Waals surface area contributed by atoms with Crippen LogP contribution < -0.4 is 10.6 Å².